The van der Waals surface area contributed by atoms with Gasteiger partial charge in [0.25, 0.3) is 0 Å². The van der Waals surface area contributed by atoms with Crippen LogP contribution in [0.1, 0.15) is 48.6 Å². The number of likely N-dealkylation sites (tertiary alicyclic amines) is 1. The van der Waals surface area contributed by atoms with Crippen LogP contribution in [0, 0.1) is 18.8 Å². The summed E-state index contributed by atoms with van der Waals surface area (Å²) in [5.41, 5.74) is 3.63. The number of aliphatic hydroxyl groups excluding tert-OH is 1. The van der Waals surface area contributed by atoms with Crippen molar-refractivity contribution in [2.24, 2.45) is 11.8 Å². The van der Waals surface area contributed by atoms with Gasteiger partial charge in [-0.1, -0.05) is 24.3 Å². The molecule has 1 unspecified atom stereocenters. The second kappa shape index (κ2) is 7.30. The molecule has 4 heteroatoms. The third-order valence-corrected chi connectivity index (χ3v) is 5.90. The molecule has 25 heavy (non-hydrogen) atoms. The summed E-state index contributed by atoms with van der Waals surface area (Å²) in [6.07, 6.45) is 6.46. The van der Waals surface area contributed by atoms with E-state index in [1.807, 2.05) is 18.3 Å². The fraction of sp³-hybridized carbons (Fsp3) is 0.571. The largest absolute Gasteiger partial charge is 0.388 e. The Morgan fingerprint density at radius 3 is 2.60 bits per heavy atom. The summed E-state index contributed by atoms with van der Waals surface area (Å²) >= 11 is 0. The topological polar surface area (TPSA) is 41.3 Å². The molecular formula is C21H29N3O. The summed E-state index contributed by atoms with van der Waals surface area (Å²) < 4.78 is 2.20. The molecule has 2 aromatic rings. The minimum Gasteiger partial charge on any atom is -0.388 e. The fourth-order valence-corrected chi connectivity index (χ4v) is 4.03. The lowest BCUT2D eigenvalue weighted by Gasteiger charge is -2.34. The highest BCUT2D eigenvalue weighted by Crippen LogP contribution is 2.33. The van der Waals surface area contributed by atoms with E-state index in [1.165, 1.54) is 24.1 Å². The first-order valence-corrected chi connectivity index (χ1v) is 9.67. The van der Waals surface area contributed by atoms with Crippen molar-refractivity contribution in [1.82, 2.24) is 14.7 Å². The van der Waals surface area contributed by atoms with E-state index < -0.39 is 0 Å². The van der Waals surface area contributed by atoms with E-state index in [4.69, 9.17) is 0 Å². The van der Waals surface area contributed by atoms with E-state index in [2.05, 4.69) is 39.8 Å². The Hall–Kier alpha value is -1.65. The number of benzene rings is 1. The lowest BCUT2D eigenvalue weighted by molar-refractivity contribution is 0.0556. The number of aliphatic hydroxyl groups is 1. The lowest BCUT2D eigenvalue weighted by Crippen LogP contribution is -2.36. The van der Waals surface area contributed by atoms with E-state index in [-0.39, 0.29) is 6.10 Å². The second-order valence-electron chi connectivity index (χ2n) is 7.86. The maximum Gasteiger partial charge on any atom is 0.0821 e. The number of aryl methyl sites for hydroxylation is 1. The zero-order chi connectivity index (χ0) is 17.2. The van der Waals surface area contributed by atoms with Gasteiger partial charge in [-0.3, -0.25) is 9.58 Å². The van der Waals surface area contributed by atoms with Gasteiger partial charge in [-0.05, 0) is 74.7 Å². The van der Waals surface area contributed by atoms with Gasteiger partial charge in [0.2, 0.25) is 0 Å². The Morgan fingerprint density at radius 1 is 1.12 bits per heavy atom. The van der Waals surface area contributed by atoms with Crippen LogP contribution in [0.25, 0.3) is 0 Å². The highest BCUT2D eigenvalue weighted by molar-refractivity contribution is 5.28. The number of hydrogen-bond acceptors (Lipinski definition) is 3. The maximum atomic E-state index is 10.8. The van der Waals surface area contributed by atoms with Crippen molar-refractivity contribution in [1.29, 1.82) is 0 Å². The number of piperidine rings is 1. The van der Waals surface area contributed by atoms with Gasteiger partial charge in [-0.2, -0.15) is 5.10 Å². The van der Waals surface area contributed by atoms with E-state index in [0.29, 0.717) is 5.92 Å². The summed E-state index contributed by atoms with van der Waals surface area (Å²) in [4.78, 5) is 2.52. The molecule has 0 spiro atoms. The van der Waals surface area contributed by atoms with Crippen LogP contribution in [0.2, 0.25) is 0 Å². The molecule has 4 rings (SSSR count). The fourth-order valence-electron chi connectivity index (χ4n) is 4.03. The standard InChI is InChI=1S/C21H29N3O/c1-16-4-2-3-5-20(16)21(25)18-9-12-23(13-10-18)15-19-8-11-22-24(19)14-17-6-7-17/h2-5,8,11,17-18,21,25H,6-7,9-10,12-15H2,1H3. The molecule has 1 saturated carbocycles. The van der Waals surface area contributed by atoms with Crippen molar-refractivity contribution in [3.05, 3.63) is 53.3 Å². The van der Waals surface area contributed by atoms with Crippen molar-refractivity contribution in [3.63, 3.8) is 0 Å². The van der Waals surface area contributed by atoms with Gasteiger partial charge < -0.3 is 5.11 Å². The first kappa shape index (κ1) is 16.8. The zero-order valence-electron chi connectivity index (χ0n) is 15.1. The van der Waals surface area contributed by atoms with Gasteiger partial charge >= 0.3 is 0 Å². The van der Waals surface area contributed by atoms with E-state index in [9.17, 15) is 5.11 Å². The SMILES string of the molecule is Cc1ccccc1C(O)C1CCN(Cc2ccnn2CC2CC2)CC1. The lowest BCUT2D eigenvalue weighted by atomic mass is 9.86. The molecule has 1 aromatic carbocycles. The average molecular weight is 339 g/mol. The predicted octanol–water partition coefficient (Wildman–Crippen LogP) is 3.55. The molecule has 2 aliphatic rings. The van der Waals surface area contributed by atoms with Crippen molar-refractivity contribution < 1.29 is 5.11 Å². The van der Waals surface area contributed by atoms with Gasteiger partial charge in [0.05, 0.1) is 11.8 Å². The summed E-state index contributed by atoms with van der Waals surface area (Å²) in [5.74, 6) is 1.22. The highest BCUT2D eigenvalue weighted by Gasteiger charge is 2.28. The minimum atomic E-state index is -0.330. The number of nitrogens with zero attached hydrogens (tertiary/aromatic N) is 3. The van der Waals surface area contributed by atoms with E-state index in [0.717, 1.165) is 50.5 Å². The van der Waals surface area contributed by atoms with Gasteiger partial charge in [0.1, 0.15) is 0 Å². The van der Waals surface area contributed by atoms with Crippen LogP contribution in [0.4, 0.5) is 0 Å². The summed E-state index contributed by atoms with van der Waals surface area (Å²) in [6, 6.07) is 10.4. The van der Waals surface area contributed by atoms with Crippen LogP contribution in [0.3, 0.4) is 0 Å². The van der Waals surface area contributed by atoms with Crippen LogP contribution in [-0.4, -0.2) is 32.9 Å². The molecule has 2 fully saturated rings. The van der Waals surface area contributed by atoms with Crippen molar-refractivity contribution in [2.45, 2.75) is 51.8 Å². The normalized spacial score (nSPS) is 20.7. The third-order valence-electron chi connectivity index (χ3n) is 5.90. The van der Waals surface area contributed by atoms with Crippen LogP contribution < -0.4 is 0 Å². The van der Waals surface area contributed by atoms with Crippen molar-refractivity contribution in [2.75, 3.05) is 13.1 Å². The summed E-state index contributed by atoms with van der Waals surface area (Å²) in [5, 5.41) is 15.3. The molecule has 4 nitrogen and oxygen atoms in total. The monoisotopic (exact) mass is 339 g/mol. The van der Waals surface area contributed by atoms with Gasteiger partial charge in [0, 0.05) is 19.3 Å². The molecule has 1 atom stereocenters. The van der Waals surface area contributed by atoms with E-state index >= 15 is 0 Å². The molecule has 0 amide bonds. The smallest absolute Gasteiger partial charge is 0.0821 e. The molecule has 2 heterocycles. The summed E-state index contributed by atoms with van der Waals surface area (Å²) in [6.45, 7) is 6.28. The third kappa shape index (κ3) is 3.96. The minimum absolute atomic E-state index is 0.330. The van der Waals surface area contributed by atoms with E-state index in [1.54, 1.807) is 0 Å². The predicted molar refractivity (Wildman–Crippen MR) is 99.1 cm³/mol. The Balaban J connectivity index is 1.32. The van der Waals surface area contributed by atoms with Crippen LogP contribution in [-0.2, 0) is 13.1 Å². The molecule has 1 aromatic heterocycles. The Labute approximate surface area is 150 Å². The molecular weight excluding hydrogens is 310 g/mol. The number of rotatable bonds is 6. The van der Waals surface area contributed by atoms with Crippen LogP contribution >= 0.6 is 0 Å². The van der Waals surface area contributed by atoms with Crippen molar-refractivity contribution >= 4 is 0 Å². The average Bonchev–Trinajstić information content (AvgIpc) is 3.35. The molecule has 134 valence electrons. The molecule has 0 radical (unpaired) electrons. The first-order valence-electron chi connectivity index (χ1n) is 9.67. The van der Waals surface area contributed by atoms with Gasteiger partial charge in [-0.25, -0.2) is 0 Å². The second-order valence-corrected chi connectivity index (χ2v) is 7.86. The Morgan fingerprint density at radius 2 is 1.88 bits per heavy atom. The number of aromatic nitrogens is 2. The quantitative estimate of drug-likeness (QED) is 0.875. The zero-order valence-corrected chi connectivity index (χ0v) is 15.1. The molecule has 1 aliphatic heterocycles. The van der Waals surface area contributed by atoms with Gasteiger partial charge in [0.15, 0.2) is 0 Å². The maximum absolute atomic E-state index is 10.8. The highest BCUT2D eigenvalue weighted by atomic mass is 16.3. The molecule has 0 bridgehead atoms. The molecule has 1 saturated heterocycles. The Bertz CT molecular complexity index is 699. The number of hydrogen-bond donors (Lipinski definition) is 1. The first-order chi connectivity index (χ1) is 12.2. The summed E-state index contributed by atoms with van der Waals surface area (Å²) in [7, 11) is 0. The van der Waals surface area contributed by atoms with Gasteiger partial charge in [-0.15, -0.1) is 0 Å². The van der Waals surface area contributed by atoms with Crippen LogP contribution in [0.15, 0.2) is 36.5 Å². The molecule has 1 aliphatic carbocycles. The van der Waals surface area contributed by atoms with Crippen LogP contribution in [0.5, 0.6) is 0 Å². The molecule has 1 N–H and O–H groups in total. The Kier molecular flexibility index (Phi) is 4.91. The van der Waals surface area contributed by atoms with Crippen molar-refractivity contribution in [3.8, 4) is 0 Å².